The monoisotopic (exact) mass is 151 g/mol. The Morgan fingerprint density at radius 1 is 1.60 bits per heavy atom. The van der Waals surface area contributed by atoms with E-state index in [9.17, 15) is 0 Å². The lowest BCUT2D eigenvalue weighted by molar-refractivity contribution is 1.19. The van der Waals surface area contributed by atoms with E-state index >= 15 is 0 Å². The minimum Gasteiger partial charge on any atom is -0.241 e. The van der Waals surface area contributed by atoms with Crippen LogP contribution >= 0.6 is 11.6 Å². The molecule has 1 aromatic rings. The van der Waals surface area contributed by atoms with Gasteiger partial charge in [0, 0.05) is 11.3 Å². The van der Waals surface area contributed by atoms with Crippen molar-refractivity contribution in [3.8, 4) is 12.3 Å². The van der Waals surface area contributed by atoms with E-state index in [0.29, 0.717) is 5.15 Å². The number of terminal acetylenes is 1. The van der Waals surface area contributed by atoms with E-state index in [4.69, 9.17) is 18.0 Å². The topological polar surface area (TPSA) is 12.9 Å². The van der Waals surface area contributed by atoms with Crippen LogP contribution in [0.25, 0.3) is 0 Å². The highest BCUT2D eigenvalue weighted by molar-refractivity contribution is 6.29. The number of hydrogen-bond acceptors (Lipinski definition) is 1. The molecule has 0 aromatic carbocycles. The van der Waals surface area contributed by atoms with Gasteiger partial charge in [-0.1, -0.05) is 17.5 Å². The molecule has 1 nitrogen and oxygen atoms in total. The maximum atomic E-state index is 5.62. The molecule has 0 spiro atoms. The predicted molar refractivity (Wildman–Crippen MR) is 41.9 cm³/mol. The predicted octanol–water partition coefficient (Wildman–Crippen LogP) is 2.02. The highest BCUT2D eigenvalue weighted by Crippen LogP contribution is 2.08. The van der Waals surface area contributed by atoms with Crippen LogP contribution in [0.15, 0.2) is 12.1 Å². The molecule has 0 fully saturated rings. The van der Waals surface area contributed by atoms with Gasteiger partial charge in [-0.05, 0) is 19.1 Å². The van der Waals surface area contributed by atoms with Crippen LogP contribution in [0.1, 0.15) is 11.3 Å². The summed E-state index contributed by atoms with van der Waals surface area (Å²) in [6.45, 7) is 1.85. The molecule has 0 atom stereocenters. The summed E-state index contributed by atoms with van der Waals surface area (Å²) in [5, 5.41) is 0.452. The molecule has 0 aliphatic carbocycles. The molecule has 10 heavy (non-hydrogen) atoms. The first-order valence-electron chi connectivity index (χ1n) is 2.83. The first kappa shape index (κ1) is 7.11. The van der Waals surface area contributed by atoms with Crippen molar-refractivity contribution in [1.29, 1.82) is 0 Å². The maximum Gasteiger partial charge on any atom is 0.130 e. The smallest absolute Gasteiger partial charge is 0.130 e. The molecular formula is C8H6ClN. The van der Waals surface area contributed by atoms with Gasteiger partial charge in [0.1, 0.15) is 5.15 Å². The second-order valence-electron chi connectivity index (χ2n) is 1.96. The van der Waals surface area contributed by atoms with Crippen molar-refractivity contribution in [3.63, 3.8) is 0 Å². The zero-order valence-electron chi connectivity index (χ0n) is 5.56. The number of hydrogen-bond donors (Lipinski definition) is 0. The zero-order valence-corrected chi connectivity index (χ0v) is 6.31. The van der Waals surface area contributed by atoms with E-state index in [1.165, 1.54) is 0 Å². The van der Waals surface area contributed by atoms with Crippen LogP contribution in [0.4, 0.5) is 0 Å². The molecule has 0 saturated carbocycles. The Morgan fingerprint density at radius 2 is 2.30 bits per heavy atom. The van der Waals surface area contributed by atoms with E-state index < -0.39 is 0 Å². The van der Waals surface area contributed by atoms with E-state index in [0.717, 1.165) is 11.3 Å². The molecule has 1 rings (SSSR count). The Morgan fingerprint density at radius 3 is 2.80 bits per heavy atom. The highest BCUT2D eigenvalue weighted by Gasteiger charge is 1.93. The Bertz CT molecular complexity index is 266. The van der Waals surface area contributed by atoms with Crippen molar-refractivity contribution < 1.29 is 0 Å². The van der Waals surface area contributed by atoms with Crippen LogP contribution in [0, 0.1) is 19.3 Å². The molecule has 1 aromatic heterocycles. The minimum absolute atomic E-state index is 0.452. The standard InChI is InChI=1S/C8H6ClN/c1-3-7-4-6(2)10-8(9)5-7/h1,4-5H,2H3. The molecule has 0 saturated heterocycles. The van der Waals surface area contributed by atoms with E-state index in [1.807, 2.05) is 13.0 Å². The van der Waals surface area contributed by atoms with Crippen LogP contribution in [-0.4, -0.2) is 4.98 Å². The number of aromatic nitrogens is 1. The second-order valence-corrected chi connectivity index (χ2v) is 2.35. The molecule has 50 valence electrons. The van der Waals surface area contributed by atoms with Crippen LogP contribution in [-0.2, 0) is 0 Å². The third-order valence-corrected chi connectivity index (χ3v) is 1.28. The van der Waals surface area contributed by atoms with Crippen molar-refractivity contribution in [1.82, 2.24) is 4.98 Å². The molecule has 0 bridgehead atoms. The quantitative estimate of drug-likeness (QED) is 0.409. The SMILES string of the molecule is C#Cc1cc(C)nc(Cl)c1. The molecule has 0 amide bonds. The van der Waals surface area contributed by atoms with Gasteiger partial charge in [-0.3, -0.25) is 0 Å². The van der Waals surface area contributed by atoms with Gasteiger partial charge >= 0.3 is 0 Å². The number of nitrogens with zero attached hydrogens (tertiary/aromatic N) is 1. The van der Waals surface area contributed by atoms with Crippen molar-refractivity contribution in [3.05, 3.63) is 28.5 Å². The third-order valence-electron chi connectivity index (χ3n) is 1.09. The average Bonchev–Trinajstić information content (AvgIpc) is 1.85. The molecule has 0 unspecified atom stereocenters. The van der Waals surface area contributed by atoms with Gasteiger partial charge < -0.3 is 0 Å². The Kier molecular flexibility index (Phi) is 1.94. The van der Waals surface area contributed by atoms with Crippen molar-refractivity contribution in [2.75, 3.05) is 0 Å². The number of rotatable bonds is 0. The second kappa shape index (κ2) is 2.72. The Hall–Kier alpha value is -1.00. The molecule has 1 heterocycles. The summed E-state index contributed by atoms with van der Waals surface area (Å²) in [6.07, 6.45) is 5.15. The third kappa shape index (κ3) is 1.49. The lowest BCUT2D eigenvalue weighted by Gasteiger charge is -1.93. The summed E-state index contributed by atoms with van der Waals surface area (Å²) >= 11 is 5.62. The normalized spacial score (nSPS) is 8.90. The lowest BCUT2D eigenvalue weighted by Crippen LogP contribution is -1.83. The zero-order chi connectivity index (χ0) is 7.56. The fourth-order valence-electron chi connectivity index (χ4n) is 0.711. The van der Waals surface area contributed by atoms with Gasteiger partial charge in [0.15, 0.2) is 0 Å². The molecule has 0 N–H and O–H groups in total. The van der Waals surface area contributed by atoms with Gasteiger partial charge in [-0.2, -0.15) is 0 Å². The summed E-state index contributed by atoms with van der Waals surface area (Å²) in [5.41, 5.74) is 1.62. The number of halogens is 1. The van der Waals surface area contributed by atoms with Crippen molar-refractivity contribution in [2.24, 2.45) is 0 Å². The first-order valence-corrected chi connectivity index (χ1v) is 3.21. The van der Waals surface area contributed by atoms with Crippen LogP contribution in [0.3, 0.4) is 0 Å². The summed E-state index contributed by atoms with van der Waals surface area (Å²) in [7, 11) is 0. The molecule has 0 aliphatic rings. The fourth-order valence-corrected chi connectivity index (χ4v) is 0.962. The average molecular weight is 152 g/mol. The van der Waals surface area contributed by atoms with Gasteiger partial charge in [-0.15, -0.1) is 6.42 Å². The van der Waals surface area contributed by atoms with E-state index in [-0.39, 0.29) is 0 Å². The Balaban J connectivity index is 3.22. The van der Waals surface area contributed by atoms with Gasteiger partial charge in [0.05, 0.1) is 0 Å². The minimum atomic E-state index is 0.452. The van der Waals surface area contributed by atoms with E-state index in [2.05, 4.69) is 10.9 Å². The van der Waals surface area contributed by atoms with Gasteiger partial charge in [0.2, 0.25) is 0 Å². The van der Waals surface area contributed by atoms with Crippen molar-refractivity contribution >= 4 is 11.6 Å². The van der Waals surface area contributed by atoms with Crippen LogP contribution in [0.2, 0.25) is 5.15 Å². The Labute approximate surface area is 65.0 Å². The number of pyridine rings is 1. The largest absolute Gasteiger partial charge is 0.241 e. The van der Waals surface area contributed by atoms with Crippen LogP contribution in [0.5, 0.6) is 0 Å². The van der Waals surface area contributed by atoms with E-state index in [1.54, 1.807) is 6.07 Å². The molecular weight excluding hydrogens is 146 g/mol. The fraction of sp³-hybridized carbons (Fsp3) is 0.125. The number of aryl methyl sites for hydroxylation is 1. The first-order chi connectivity index (χ1) is 4.72. The summed E-state index contributed by atoms with van der Waals surface area (Å²) in [6, 6.07) is 3.47. The molecule has 2 heteroatoms. The molecule has 0 radical (unpaired) electrons. The highest BCUT2D eigenvalue weighted by atomic mass is 35.5. The maximum absolute atomic E-state index is 5.62. The summed E-state index contributed by atoms with van der Waals surface area (Å²) < 4.78 is 0. The lowest BCUT2D eigenvalue weighted by atomic mass is 10.2. The summed E-state index contributed by atoms with van der Waals surface area (Å²) in [4.78, 5) is 3.95. The summed E-state index contributed by atoms with van der Waals surface area (Å²) in [5.74, 6) is 2.48. The van der Waals surface area contributed by atoms with Crippen LogP contribution < -0.4 is 0 Å². The van der Waals surface area contributed by atoms with Gasteiger partial charge in [-0.25, -0.2) is 4.98 Å². The van der Waals surface area contributed by atoms with Crippen molar-refractivity contribution in [2.45, 2.75) is 6.92 Å². The molecule has 0 aliphatic heterocycles. The van der Waals surface area contributed by atoms with Gasteiger partial charge in [0.25, 0.3) is 0 Å².